The van der Waals surface area contributed by atoms with Gasteiger partial charge in [0, 0.05) is 23.7 Å². The van der Waals surface area contributed by atoms with Crippen LogP contribution in [-0.4, -0.2) is 43.4 Å². The zero-order chi connectivity index (χ0) is 23.5. The predicted octanol–water partition coefficient (Wildman–Crippen LogP) is 5.33. The molecule has 3 rings (SSSR count). The van der Waals surface area contributed by atoms with Crippen LogP contribution in [0.1, 0.15) is 32.6 Å². The van der Waals surface area contributed by atoms with Gasteiger partial charge in [0.1, 0.15) is 11.5 Å². The van der Waals surface area contributed by atoms with E-state index in [0.717, 1.165) is 53.1 Å². The van der Waals surface area contributed by atoms with Gasteiger partial charge in [0.15, 0.2) is 0 Å². The van der Waals surface area contributed by atoms with Crippen molar-refractivity contribution in [3.8, 4) is 39.9 Å². The molecule has 0 amide bonds. The molecule has 33 heavy (non-hydrogen) atoms. The summed E-state index contributed by atoms with van der Waals surface area (Å²) in [6, 6.07) is 15.8. The van der Waals surface area contributed by atoms with Crippen molar-refractivity contribution in [3.05, 3.63) is 54.7 Å². The van der Waals surface area contributed by atoms with Gasteiger partial charge in [0.05, 0.1) is 33.1 Å². The van der Waals surface area contributed by atoms with E-state index < -0.39 is 0 Å². The molecule has 0 saturated heterocycles. The van der Waals surface area contributed by atoms with Crippen LogP contribution in [0.2, 0.25) is 0 Å². The number of hydrogen-bond acceptors (Lipinski definition) is 7. The van der Waals surface area contributed by atoms with Gasteiger partial charge in [0.25, 0.3) is 0 Å². The molecule has 3 aromatic rings. The van der Waals surface area contributed by atoms with Gasteiger partial charge in [-0.15, -0.1) is 0 Å². The maximum atomic E-state index is 11.4. The van der Waals surface area contributed by atoms with Gasteiger partial charge in [-0.3, -0.25) is 4.79 Å². The molecule has 1 heterocycles. The van der Waals surface area contributed by atoms with Gasteiger partial charge in [-0.25, -0.2) is 4.98 Å². The van der Waals surface area contributed by atoms with Crippen molar-refractivity contribution in [2.45, 2.75) is 32.6 Å². The quantitative estimate of drug-likeness (QED) is 0.272. The summed E-state index contributed by atoms with van der Waals surface area (Å²) in [6.07, 6.45) is 4.67. The highest BCUT2D eigenvalue weighted by atomic mass is 16.5. The smallest absolute Gasteiger partial charge is 0.316 e. The van der Waals surface area contributed by atoms with Gasteiger partial charge in [-0.05, 0) is 68.1 Å². The van der Waals surface area contributed by atoms with Crippen molar-refractivity contribution >= 4 is 5.97 Å². The lowest BCUT2D eigenvalue weighted by atomic mass is 10.0. The summed E-state index contributed by atoms with van der Waals surface area (Å²) in [4.78, 5) is 20.5. The van der Waals surface area contributed by atoms with E-state index >= 15 is 0 Å². The normalized spacial score (nSPS) is 10.5. The third-order valence-electron chi connectivity index (χ3n) is 5.09. The van der Waals surface area contributed by atoms with E-state index in [1.165, 1.54) is 0 Å². The van der Waals surface area contributed by atoms with Crippen molar-refractivity contribution < 1.29 is 23.7 Å². The van der Waals surface area contributed by atoms with E-state index in [2.05, 4.69) is 4.98 Å². The van der Waals surface area contributed by atoms with Crippen molar-refractivity contribution in [1.82, 2.24) is 9.97 Å². The molecule has 0 aliphatic carbocycles. The summed E-state index contributed by atoms with van der Waals surface area (Å²) in [5.41, 5.74) is 3.58. The number of aromatic nitrogens is 2. The van der Waals surface area contributed by atoms with E-state index in [9.17, 15) is 4.79 Å². The molecule has 0 fully saturated rings. The fraction of sp³-hybridized carbons (Fsp3) is 0.346. The van der Waals surface area contributed by atoms with Gasteiger partial charge in [-0.1, -0.05) is 12.1 Å². The minimum absolute atomic E-state index is 0.153. The first kappa shape index (κ1) is 24.0. The highest BCUT2D eigenvalue weighted by Gasteiger charge is 2.13. The van der Waals surface area contributed by atoms with Crippen LogP contribution in [0.25, 0.3) is 22.4 Å². The van der Waals surface area contributed by atoms with Crippen LogP contribution in [0.4, 0.5) is 0 Å². The van der Waals surface area contributed by atoms with Crippen LogP contribution in [0.15, 0.2) is 54.7 Å². The van der Waals surface area contributed by atoms with Gasteiger partial charge in [0.2, 0.25) is 0 Å². The van der Waals surface area contributed by atoms with Crippen LogP contribution in [-0.2, 0) is 9.53 Å². The number of benzene rings is 2. The second-order valence-electron chi connectivity index (χ2n) is 7.34. The molecule has 0 spiro atoms. The highest BCUT2D eigenvalue weighted by molar-refractivity contribution is 5.80. The minimum atomic E-state index is -0.153. The van der Waals surface area contributed by atoms with Gasteiger partial charge >= 0.3 is 12.0 Å². The van der Waals surface area contributed by atoms with Gasteiger partial charge < -0.3 is 18.9 Å². The lowest BCUT2D eigenvalue weighted by Crippen LogP contribution is -2.05. The lowest BCUT2D eigenvalue weighted by Gasteiger charge is -2.12. The Morgan fingerprint density at radius 1 is 0.848 bits per heavy atom. The van der Waals surface area contributed by atoms with Crippen LogP contribution in [0.3, 0.4) is 0 Å². The number of rotatable bonds is 12. The molecule has 0 bridgehead atoms. The Morgan fingerprint density at radius 2 is 1.48 bits per heavy atom. The number of hydrogen-bond donors (Lipinski definition) is 0. The molecular weight excluding hydrogens is 420 g/mol. The maximum Gasteiger partial charge on any atom is 0.316 e. The Hall–Kier alpha value is -3.61. The number of nitrogens with zero attached hydrogens (tertiary/aromatic N) is 2. The molecule has 7 heteroatoms. The molecule has 1 aromatic heterocycles. The van der Waals surface area contributed by atoms with Crippen LogP contribution in [0.5, 0.6) is 17.5 Å². The van der Waals surface area contributed by atoms with Crippen LogP contribution in [0, 0.1) is 0 Å². The van der Waals surface area contributed by atoms with Crippen molar-refractivity contribution in [3.63, 3.8) is 0 Å². The van der Waals surface area contributed by atoms with Crippen LogP contribution >= 0.6 is 0 Å². The summed E-state index contributed by atoms with van der Waals surface area (Å²) in [7, 11) is 3.28. The summed E-state index contributed by atoms with van der Waals surface area (Å²) in [5.74, 6) is 1.41. The molecule has 0 N–H and O–H groups in total. The molecule has 174 valence electrons. The Kier molecular flexibility index (Phi) is 9.06. The minimum Gasteiger partial charge on any atom is -0.497 e. The predicted molar refractivity (Wildman–Crippen MR) is 127 cm³/mol. The first-order chi connectivity index (χ1) is 16.1. The lowest BCUT2D eigenvalue weighted by molar-refractivity contribution is -0.143. The summed E-state index contributed by atoms with van der Waals surface area (Å²) in [6.45, 7) is 2.71. The van der Waals surface area contributed by atoms with Crippen molar-refractivity contribution in [2.24, 2.45) is 0 Å². The molecule has 0 unspecified atom stereocenters. The zero-order valence-corrected chi connectivity index (χ0v) is 19.4. The fourth-order valence-electron chi connectivity index (χ4n) is 3.33. The van der Waals surface area contributed by atoms with Crippen LogP contribution < -0.4 is 14.2 Å². The number of esters is 1. The molecular formula is C26H30N2O5. The third kappa shape index (κ3) is 6.94. The first-order valence-corrected chi connectivity index (χ1v) is 11.1. The maximum absolute atomic E-state index is 11.4. The van der Waals surface area contributed by atoms with E-state index in [-0.39, 0.29) is 5.97 Å². The topological polar surface area (TPSA) is 79.8 Å². The van der Waals surface area contributed by atoms with E-state index in [0.29, 0.717) is 25.6 Å². The molecule has 7 nitrogen and oxygen atoms in total. The van der Waals surface area contributed by atoms with E-state index in [1.807, 2.05) is 55.5 Å². The zero-order valence-electron chi connectivity index (χ0n) is 19.4. The fourth-order valence-corrected chi connectivity index (χ4v) is 3.33. The van der Waals surface area contributed by atoms with Gasteiger partial charge in [-0.2, -0.15) is 4.98 Å². The van der Waals surface area contributed by atoms with E-state index in [4.69, 9.17) is 23.9 Å². The summed E-state index contributed by atoms with van der Waals surface area (Å²) >= 11 is 0. The highest BCUT2D eigenvalue weighted by Crippen LogP contribution is 2.33. The Morgan fingerprint density at radius 3 is 2.09 bits per heavy atom. The SMILES string of the molecule is CCOC(=O)CCCCCOc1ncc(-c2ccc(OC)cc2)c(-c2ccc(OC)cc2)n1. The number of carbonyl (C=O) groups is 1. The van der Waals surface area contributed by atoms with E-state index in [1.54, 1.807) is 20.4 Å². The third-order valence-corrected chi connectivity index (χ3v) is 5.09. The summed E-state index contributed by atoms with van der Waals surface area (Å²) < 4.78 is 21.3. The first-order valence-electron chi connectivity index (χ1n) is 11.1. The molecule has 0 atom stereocenters. The monoisotopic (exact) mass is 450 g/mol. The number of unbranched alkanes of at least 4 members (excludes halogenated alkanes) is 2. The second kappa shape index (κ2) is 12.4. The molecule has 0 aliphatic rings. The summed E-state index contributed by atoms with van der Waals surface area (Å²) in [5, 5.41) is 0. The Labute approximate surface area is 194 Å². The number of methoxy groups -OCH3 is 2. The standard InChI is InChI=1S/C26H30N2O5/c1-4-32-24(29)8-6-5-7-17-33-26-27-18-23(19-9-13-21(30-2)14-10-19)25(28-26)20-11-15-22(31-3)16-12-20/h9-16,18H,4-8,17H2,1-3H3. The Balaban J connectivity index is 1.73. The molecule has 0 saturated carbocycles. The largest absolute Gasteiger partial charge is 0.497 e. The molecule has 0 aliphatic heterocycles. The van der Waals surface area contributed by atoms with Crippen molar-refractivity contribution in [1.29, 1.82) is 0 Å². The average Bonchev–Trinajstić information content (AvgIpc) is 2.86. The average molecular weight is 451 g/mol. The number of ether oxygens (including phenoxy) is 4. The van der Waals surface area contributed by atoms with Crippen molar-refractivity contribution in [2.75, 3.05) is 27.4 Å². The molecule has 2 aromatic carbocycles. The Bertz CT molecular complexity index is 1020. The molecule has 0 radical (unpaired) electrons. The number of carbonyl (C=O) groups excluding carboxylic acids is 1. The second-order valence-corrected chi connectivity index (χ2v) is 7.34.